The van der Waals surface area contributed by atoms with Gasteiger partial charge in [-0.3, -0.25) is 14.6 Å². The van der Waals surface area contributed by atoms with Gasteiger partial charge in [0.2, 0.25) is 0 Å². The summed E-state index contributed by atoms with van der Waals surface area (Å²) in [6, 6.07) is 10.8. The van der Waals surface area contributed by atoms with Crippen molar-refractivity contribution >= 4 is 11.8 Å². The van der Waals surface area contributed by atoms with E-state index in [1.807, 2.05) is 29.2 Å². The van der Waals surface area contributed by atoms with E-state index in [0.717, 1.165) is 31.7 Å². The predicted octanol–water partition coefficient (Wildman–Crippen LogP) is 1.06. The van der Waals surface area contributed by atoms with Gasteiger partial charge < -0.3 is 15.5 Å². The van der Waals surface area contributed by atoms with Crippen molar-refractivity contribution in [3.63, 3.8) is 0 Å². The van der Waals surface area contributed by atoms with Gasteiger partial charge in [-0.2, -0.15) is 0 Å². The molecule has 0 radical (unpaired) electrons. The van der Waals surface area contributed by atoms with Crippen LogP contribution in [0.5, 0.6) is 0 Å². The summed E-state index contributed by atoms with van der Waals surface area (Å²) in [5.74, 6) is -0.105. The number of pyridine rings is 1. The Balaban J connectivity index is 1.56. The van der Waals surface area contributed by atoms with E-state index in [1.165, 1.54) is 6.20 Å². The molecule has 0 atom stereocenters. The van der Waals surface area contributed by atoms with Crippen LogP contribution in [0.15, 0.2) is 48.8 Å². The summed E-state index contributed by atoms with van der Waals surface area (Å²) in [6.45, 7) is 3.56. The van der Waals surface area contributed by atoms with Crippen molar-refractivity contribution < 1.29 is 9.59 Å². The molecule has 0 spiro atoms. The van der Waals surface area contributed by atoms with Crippen LogP contribution in [0.2, 0.25) is 0 Å². The Labute approximate surface area is 140 Å². The highest BCUT2D eigenvalue weighted by molar-refractivity contribution is 5.94. The largest absolute Gasteiger partial charge is 0.348 e. The number of carbonyl (C=O) groups is 2. The van der Waals surface area contributed by atoms with E-state index >= 15 is 0 Å². The van der Waals surface area contributed by atoms with E-state index in [-0.39, 0.29) is 11.8 Å². The summed E-state index contributed by atoms with van der Waals surface area (Å²) in [5.41, 5.74) is 2.16. The van der Waals surface area contributed by atoms with Gasteiger partial charge in [-0.25, -0.2) is 0 Å². The highest BCUT2D eigenvalue weighted by atomic mass is 16.2. The lowest BCUT2D eigenvalue weighted by molar-refractivity contribution is 0.0735. The maximum Gasteiger partial charge on any atom is 0.253 e. The summed E-state index contributed by atoms with van der Waals surface area (Å²) in [6.07, 6.45) is 3.16. The van der Waals surface area contributed by atoms with E-state index in [0.29, 0.717) is 17.7 Å². The first-order chi connectivity index (χ1) is 11.7. The monoisotopic (exact) mass is 324 g/mol. The number of nitrogens with one attached hydrogen (secondary N) is 2. The van der Waals surface area contributed by atoms with Gasteiger partial charge in [-0.1, -0.05) is 12.1 Å². The lowest BCUT2D eigenvalue weighted by Crippen LogP contribution is -2.46. The summed E-state index contributed by atoms with van der Waals surface area (Å²) in [5, 5.41) is 6.08. The normalized spacial score (nSPS) is 14.2. The third kappa shape index (κ3) is 3.97. The summed E-state index contributed by atoms with van der Waals surface area (Å²) in [7, 11) is 0. The molecule has 2 heterocycles. The van der Waals surface area contributed by atoms with E-state index in [2.05, 4.69) is 15.6 Å². The Kier molecular flexibility index (Phi) is 5.18. The van der Waals surface area contributed by atoms with Crippen molar-refractivity contribution in [1.82, 2.24) is 20.5 Å². The van der Waals surface area contributed by atoms with Crippen molar-refractivity contribution in [2.24, 2.45) is 0 Å². The van der Waals surface area contributed by atoms with Crippen LogP contribution in [0.4, 0.5) is 0 Å². The third-order valence-corrected chi connectivity index (χ3v) is 3.98. The molecule has 0 unspecified atom stereocenters. The molecule has 0 bridgehead atoms. The number of piperazine rings is 1. The van der Waals surface area contributed by atoms with Crippen LogP contribution in [0.25, 0.3) is 0 Å². The minimum absolute atomic E-state index is 0.0578. The van der Waals surface area contributed by atoms with Gasteiger partial charge >= 0.3 is 0 Å². The molecule has 0 saturated carbocycles. The lowest BCUT2D eigenvalue weighted by Gasteiger charge is -2.27. The average molecular weight is 324 g/mol. The van der Waals surface area contributed by atoms with Crippen molar-refractivity contribution in [3.8, 4) is 0 Å². The molecule has 3 rings (SSSR count). The molecule has 0 aliphatic carbocycles. The molecule has 2 amide bonds. The van der Waals surface area contributed by atoms with Crippen LogP contribution in [0, 0.1) is 0 Å². The number of carbonyl (C=O) groups excluding carboxylic acids is 2. The van der Waals surface area contributed by atoms with E-state index in [1.54, 1.807) is 18.3 Å². The molecule has 2 aromatic rings. The first-order valence-electron chi connectivity index (χ1n) is 8.01. The average Bonchev–Trinajstić information content (AvgIpc) is 2.67. The molecule has 6 nitrogen and oxygen atoms in total. The highest BCUT2D eigenvalue weighted by Crippen LogP contribution is 2.09. The lowest BCUT2D eigenvalue weighted by atomic mass is 10.1. The number of nitrogens with zero attached hydrogens (tertiary/aromatic N) is 2. The van der Waals surface area contributed by atoms with Gasteiger partial charge in [0, 0.05) is 50.7 Å². The second-order valence-corrected chi connectivity index (χ2v) is 5.66. The number of rotatable bonds is 4. The Morgan fingerprint density at radius 2 is 1.83 bits per heavy atom. The van der Waals surface area contributed by atoms with E-state index in [9.17, 15) is 9.59 Å². The zero-order valence-corrected chi connectivity index (χ0v) is 13.4. The van der Waals surface area contributed by atoms with Crippen LogP contribution < -0.4 is 10.6 Å². The van der Waals surface area contributed by atoms with Crippen LogP contribution >= 0.6 is 0 Å². The van der Waals surface area contributed by atoms with Gasteiger partial charge in [-0.05, 0) is 29.8 Å². The molecular formula is C18H20N4O2. The smallest absolute Gasteiger partial charge is 0.253 e. The minimum Gasteiger partial charge on any atom is -0.348 e. The highest BCUT2D eigenvalue weighted by Gasteiger charge is 2.17. The topological polar surface area (TPSA) is 74.3 Å². The summed E-state index contributed by atoms with van der Waals surface area (Å²) < 4.78 is 0. The maximum absolute atomic E-state index is 12.4. The molecule has 6 heteroatoms. The van der Waals surface area contributed by atoms with Crippen molar-refractivity contribution in [1.29, 1.82) is 0 Å². The second-order valence-electron chi connectivity index (χ2n) is 5.66. The molecule has 1 aromatic heterocycles. The second kappa shape index (κ2) is 7.70. The maximum atomic E-state index is 12.4. The minimum atomic E-state index is -0.163. The molecule has 1 fully saturated rings. The zero-order valence-electron chi connectivity index (χ0n) is 13.4. The van der Waals surface area contributed by atoms with Crippen LogP contribution in [-0.4, -0.2) is 47.9 Å². The zero-order chi connectivity index (χ0) is 16.8. The third-order valence-electron chi connectivity index (χ3n) is 3.98. The number of amides is 2. The summed E-state index contributed by atoms with van der Waals surface area (Å²) in [4.78, 5) is 30.2. The number of aromatic nitrogens is 1. The Bertz CT molecular complexity index is 695. The number of hydrogen-bond donors (Lipinski definition) is 2. The van der Waals surface area contributed by atoms with Crippen molar-refractivity contribution in [2.45, 2.75) is 6.54 Å². The van der Waals surface area contributed by atoms with Crippen LogP contribution in [0.3, 0.4) is 0 Å². The fourth-order valence-electron chi connectivity index (χ4n) is 2.60. The van der Waals surface area contributed by atoms with Crippen LogP contribution in [0.1, 0.15) is 26.3 Å². The van der Waals surface area contributed by atoms with Crippen LogP contribution in [-0.2, 0) is 6.54 Å². The van der Waals surface area contributed by atoms with E-state index in [4.69, 9.17) is 0 Å². The van der Waals surface area contributed by atoms with Gasteiger partial charge in [0.25, 0.3) is 11.8 Å². The van der Waals surface area contributed by atoms with Crippen molar-refractivity contribution in [2.75, 3.05) is 26.2 Å². The number of hydrogen-bond acceptors (Lipinski definition) is 4. The molecule has 1 aromatic carbocycles. The Morgan fingerprint density at radius 3 is 2.50 bits per heavy atom. The first-order valence-corrected chi connectivity index (χ1v) is 8.01. The van der Waals surface area contributed by atoms with Gasteiger partial charge in [0.05, 0.1) is 5.56 Å². The number of benzene rings is 1. The van der Waals surface area contributed by atoms with Crippen molar-refractivity contribution in [3.05, 3.63) is 65.5 Å². The van der Waals surface area contributed by atoms with Gasteiger partial charge in [0.1, 0.15) is 0 Å². The summed E-state index contributed by atoms with van der Waals surface area (Å²) >= 11 is 0. The fourth-order valence-corrected chi connectivity index (χ4v) is 2.60. The molecule has 1 aliphatic heterocycles. The molecule has 1 aliphatic rings. The van der Waals surface area contributed by atoms with Gasteiger partial charge in [0.15, 0.2) is 0 Å². The Morgan fingerprint density at radius 1 is 1.08 bits per heavy atom. The first kappa shape index (κ1) is 16.1. The molecule has 24 heavy (non-hydrogen) atoms. The van der Waals surface area contributed by atoms with E-state index < -0.39 is 0 Å². The molecule has 1 saturated heterocycles. The quantitative estimate of drug-likeness (QED) is 0.882. The molecule has 124 valence electrons. The van der Waals surface area contributed by atoms with Gasteiger partial charge in [-0.15, -0.1) is 0 Å². The SMILES string of the molecule is O=C(NCc1ccc(C(=O)N2CCNCC2)cc1)c1cccnc1. The predicted molar refractivity (Wildman–Crippen MR) is 90.6 cm³/mol. The standard InChI is InChI=1S/C18H20N4O2/c23-17(16-2-1-7-20-13-16)21-12-14-3-5-15(6-4-14)18(24)22-10-8-19-9-11-22/h1-7,13,19H,8-12H2,(H,21,23). The molecular weight excluding hydrogens is 304 g/mol. The Hall–Kier alpha value is -2.73. The fraction of sp³-hybridized carbons (Fsp3) is 0.278. The molecule has 2 N–H and O–H groups in total.